The number of phenolic OH excluding ortho intramolecular Hbond substituents is 1. The summed E-state index contributed by atoms with van der Waals surface area (Å²) in [4.78, 5) is 24.6. The maximum Gasteiger partial charge on any atom is 0.342 e. The summed E-state index contributed by atoms with van der Waals surface area (Å²) in [5.74, 6) is -0.880. The van der Waals surface area contributed by atoms with Crippen molar-refractivity contribution in [1.82, 2.24) is 9.62 Å². The van der Waals surface area contributed by atoms with E-state index >= 15 is 0 Å². The van der Waals surface area contributed by atoms with Gasteiger partial charge in [-0.05, 0) is 49.3 Å². The normalized spacial score (nSPS) is 25.1. The van der Waals surface area contributed by atoms with Gasteiger partial charge >= 0.3 is 5.97 Å². The second-order valence-electron chi connectivity index (χ2n) is 8.31. The van der Waals surface area contributed by atoms with Crippen LogP contribution in [0.25, 0.3) is 0 Å². The molecule has 1 aliphatic carbocycles. The quantitative estimate of drug-likeness (QED) is 0.659. The first kappa shape index (κ1) is 22.6. The van der Waals surface area contributed by atoms with Crippen molar-refractivity contribution in [2.45, 2.75) is 56.9 Å². The van der Waals surface area contributed by atoms with Gasteiger partial charge in [-0.3, -0.25) is 4.79 Å². The van der Waals surface area contributed by atoms with Crippen LogP contribution in [0.1, 0.15) is 56.3 Å². The molecule has 8 nitrogen and oxygen atoms in total. The molecule has 0 spiro atoms. The number of ether oxygens (including phenoxy) is 1. The number of nitrogens with one attached hydrogen (secondary N) is 1. The topological polar surface area (TPSA) is 113 Å². The van der Waals surface area contributed by atoms with Gasteiger partial charge in [0.05, 0.1) is 4.90 Å². The van der Waals surface area contributed by atoms with Gasteiger partial charge in [-0.1, -0.05) is 26.7 Å². The van der Waals surface area contributed by atoms with Crippen LogP contribution in [-0.2, 0) is 19.6 Å². The average molecular weight is 439 g/mol. The third kappa shape index (κ3) is 4.95. The number of aromatic hydroxyl groups is 1. The first-order chi connectivity index (χ1) is 14.2. The van der Waals surface area contributed by atoms with E-state index in [9.17, 15) is 23.1 Å². The monoisotopic (exact) mass is 438 g/mol. The number of benzene rings is 1. The molecular weight excluding hydrogens is 408 g/mol. The number of hydrogen-bond acceptors (Lipinski definition) is 6. The first-order valence-electron chi connectivity index (χ1n) is 10.5. The second-order valence-corrected chi connectivity index (χ2v) is 10.2. The lowest BCUT2D eigenvalue weighted by Crippen LogP contribution is -2.45. The summed E-state index contributed by atoms with van der Waals surface area (Å²) in [6.45, 7) is 4.64. The predicted molar refractivity (Wildman–Crippen MR) is 110 cm³/mol. The van der Waals surface area contributed by atoms with Gasteiger partial charge < -0.3 is 15.2 Å². The van der Waals surface area contributed by atoms with Crippen LogP contribution in [0.4, 0.5) is 0 Å². The van der Waals surface area contributed by atoms with E-state index < -0.39 is 34.3 Å². The number of amides is 1. The third-order valence-electron chi connectivity index (χ3n) is 6.28. The Labute approximate surface area is 177 Å². The summed E-state index contributed by atoms with van der Waals surface area (Å²) in [6.07, 6.45) is 4.66. The fraction of sp³-hybridized carbons (Fsp3) is 0.619. The van der Waals surface area contributed by atoms with Crippen LogP contribution < -0.4 is 5.32 Å². The third-order valence-corrected chi connectivity index (χ3v) is 8.17. The molecule has 3 atom stereocenters. The summed E-state index contributed by atoms with van der Waals surface area (Å²) >= 11 is 0. The summed E-state index contributed by atoms with van der Waals surface area (Å²) in [5, 5.41) is 12.9. The van der Waals surface area contributed by atoms with Gasteiger partial charge in [-0.25, -0.2) is 13.2 Å². The van der Waals surface area contributed by atoms with Gasteiger partial charge in [0, 0.05) is 19.1 Å². The van der Waals surface area contributed by atoms with E-state index in [2.05, 4.69) is 19.2 Å². The number of rotatable bonds is 6. The number of sulfonamides is 1. The highest BCUT2D eigenvalue weighted by Crippen LogP contribution is 2.29. The fourth-order valence-corrected chi connectivity index (χ4v) is 5.70. The number of carbonyl (C=O) groups excluding carboxylic acids is 2. The summed E-state index contributed by atoms with van der Waals surface area (Å²) in [5.41, 5.74) is -0.275. The zero-order valence-electron chi connectivity index (χ0n) is 17.5. The number of phenols is 1. The van der Waals surface area contributed by atoms with Crippen molar-refractivity contribution in [3.63, 3.8) is 0 Å². The van der Waals surface area contributed by atoms with Crippen molar-refractivity contribution in [3.05, 3.63) is 23.8 Å². The smallest absolute Gasteiger partial charge is 0.342 e. The molecule has 30 heavy (non-hydrogen) atoms. The maximum atomic E-state index is 12.7. The van der Waals surface area contributed by atoms with Crippen LogP contribution in [0, 0.1) is 11.8 Å². The average Bonchev–Trinajstić information content (AvgIpc) is 3.25. The summed E-state index contributed by atoms with van der Waals surface area (Å²) in [6, 6.07) is 3.57. The fourth-order valence-electron chi connectivity index (χ4n) is 4.16. The van der Waals surface area contributed by atoms with Gasteiger partial charge in [0.2, 0.25) is 10.0 Å². The molecule has 1 heterocycles. The van der Waals surface area contributed by atoms with Crippen LogP contribution >= 0.6 is 0 Å². The van der Waals surface area contributed by atoms with E-state index in [1.54, 1.807) is 0 Å². The molecule has 2 fully saturated rings. The molecule has 1 saturated carbocycles. The van der Waals surface area contributed by atoms with Crippen molar-refractivity contribution >= 4 is 21.9 Å². The molecule has 0 radical (unpaired) electrons. The molecule has 1 saturated heterocycles. The Kier molecular flexibility index (Phi) is 7.02. The van der Waals surface area contributed by atoms with Gasteiger partial charge in [-0.2, -0.15) is 4.31 Å². The molecule has 2 aliphatic rings. The molecule has 9 heteroatoms. The molecule has 1 amide bonds. The van der Waals surface area contributed by atoms with Crippen molar-refractivity contribution in [2.75, 3.05) is 19.7 Å². The number of nitrogens with zero attached hydrogens (tertiary/aromatic N) is 1. The summed E-state index contributed by atoms with van der Waals surface area (Å²) < 4.78 is 31.8. The minimum absolute atomic E-state index is 0.0438. The van der Waals surface area contributed by atoms with Crippen LogP contribution in [0.5, 0.6) is 5.75 Å². The first-order valence-corrected chi connectivity index (χ1v) is 11.9. The highest BCUT2D eigenvalue weighted by Gasteiger charge is 2.30. The minimum Gasteiger partial charge on any atom is -0.507 e. The zero-order chi connectivity index (χ0) is 21.9. The van der Waals surface area contributed by atoms with E-state index in [-0.39, 0.29) is 16.5 Å². The Morgan fingerprint density at radius 1 is 1.17 bits per heavy atom. The van der Waals surface area contributed by atoms with Gasteiger partial charge in [0.25, 0.3) is 5.91 Å². The van der Waals surface area contributed by atoms with Crippen LogP contribution in [0.3, 0.4) is 0 Å². The Morgan fingerprint density at radius 2 is 1.87 bits per heavy atom. The highest BCUT2D eigenvalue weighted by atomic mass is 32.2. The van der Waals surface area contributed by atoms with E-state index in [1.165, 1.54) is 10.4 Å². The van der Waals surface area contributed by atoms with Gasteiger partial charge in [0.15, 0.2) is 6.61 Å². The van der Waals surface area contributed by atoms with Crippen molar-refractivity contribution in [1.29, 1.82) is 0 Å². The lowest BCUT2D eigenvalue weighted by atomic mass is 9.78. The van der Waals surface area contributed by atoms with Gasteiger partial charge in [-0.15, -0.1) is 0 Å². The summed E-state index contributed by atoms with van der Waals surface area (Å²) in [7, 11) is -3.74. The predicted octanol–water partition coefficient (Wildman–Crippen LogP) is 2.27. The SMILES string of the molecule is CC1CCCC(NC(=O)COC(=O)c2cc(S(=O)(=O)N3CCCC3)ccc2O)C1C. The highest BCUT2D eigenvalue weighted by molar-refractivity contribution is 7.89. The van der Waals surface area contributed by atoms with E-state index in [0.29, 0.717) is 24.9 Å². The molecule has 1 aromatic carbocycles. The van der Waals surface area contributed by atoms with Crippen molar-refractivity contribution in [3.8, 4) is 5.75 Å². The van der Waals surface area contributed by atoms with Crippen LogP contribution in [0.2, 0.25) is 0 Å². The minimum atomic E-state index is -3.74. The van der Waals surface area contributed by atoms with Crippen molar-refractivity contribution < 1.29 is 27.9 Å². The lowest BCUT2D eigenvalue weighted by Gasteiger charge is -2.34. The number of carbonyl (C=O) groups is 2. The zero-order valence-corrected chi connectivity index (χ0v) is 18.3. The molecule has 0 aromatic heterocycles. The second kappa shape index (κ2) is 9.34. The van der Waals surface area contributed by atoms with Gasteiger partial charge in [0.1, 0.15) is 11.3 Å². The molecule has 1 aromatic rings. The largest absolute Gasteiger partial charge is 0.507 e. The molecular formula is C21H30N2O6S. The molecule has 3 rings (SSSR count). The number of esters is 1. The van der Waals surface area contributed by atoms with E-state index in [4.69, 9.17) is 4.74 Å². The molecule has 166 valence electrons. The Bertz CT molecular complexity index is 895. The van der Waals surface area contributed by atoms with Crippen LogP contribution in [-0.4, -0.2) is 55.4 Å². The van der Waals surface area contributed by atoms with Crippen molar-refractivity contribution in [2.24, 2.45) is 11.8 Å². The molecule has 0 bridgehead atoms. The van der Waals surface area contributed by atoms with E-state index in [0.717, 1.165) is 44.2 Å². The Balaban J connectivity index is 1.63. The van der Waals surface area contributed by atoms with E-state index in [1.807, 2.05) is 0 Å². The Hall–Kier alpha value is -2.13. The maximum absolute atomic E-state index is 12.7. The lowest BCUT2D eigenvalue weighted by molar-refractivity contribution is -0.125. The van der Waals surface area contributed by atoms with Crippen LogP contribution in [0.15, 0.2) is 23.1 Å². The standard InChI is InChI=1S/C21H30N2O6S/c1-14-6-5-7-18(15(14)2)22-20(25)13-29-21(26)17-12-16(8-9-19(17)24)30(27,28)23-10-3-4-11-23/h8-9,12,14-15,18,24H,3-7,10-11,13H2,1-2H3,(H,22,25). The number of hydrogen-bond donors (Lipinski definition) is 2. The molecule has 3 unspecified atom stereocenters. The molecule has 1 aliphatic heterocycles. The molecule has 2 N–H and O–H groups in total. The Morgan fingerprint density at radius 3 is 2.57 bits per heavy atom.